The van der Waals surface area contributed by atoms with Crippen LogP contribution in [0.4, 0.5) is 0 Å². The van der Waals surface area contributed by atoms with E-state index in [4.69, 9.17) is 9.47 Å². The molecule has 0 bridgehead atoms. The van der Waals surface area contributed by atoms with Gasteiger partial charge in [0.15, 0.2) is 11.5 Å². The van der Waals surface area contributed by atoms with Crippen molar-refractivity contribution in [3.05, 3.63) is 18.0 Å². The van der Waals surface area contributed by atoms with E-state index >= 15 is 0 Å². The summed E-state index contributed by atoms with van der Waals surface area (Å²) in [5, 5.41) is 13.5. The number of aromatic nitrogens is 1. The highest BCUT2D eigenvalue weighted by molar-refractivity contribution is 5.42. The van der Waals surface area contributed by atoms with Crippen LogP contribution in [0.3, 0.4) is 0 Å². The van der Waals surface area contributed by atoms with Gasteiger partial charge in [-0.15, -0.1) is 0 Å². The van der Waals surface area contributed by atoms with Crippen LogP contribution in [0.5, 0.6) is 11.5 Å². The fraction of sp³-hybridized carbons (Fsp3) is 0.667. The van der Waals surface area contributed by atoms with Crippen molar-refractivity contribution in [2.24, 2.45) is 0 Å². The summed E-state index contributed by atoms with van der Waals surface area (Å²) in [5.74, 6) is 1.34. The lowest BCUT2D eigenvalue weighted by Crippen LogP contribution is -2.38. The molecule has 0 radical (unpaired) electrons. The molecule has 2 atom stereocenters. The molecular formula is C15H24N2O3. The number of nitrogens with zero attached hydrogens (tertiary/aromatic N) is 1. The van der Waals surface area contributed by atoms with Crippen molar-refractivity contribution in [3.8, 4) is 11.5 Å². The lowest BCUT2D eigenvalue weighted by atomic mass is 10.1. The van der Waals surface area contributed by atoms with Crippen molar-refractivity contribution in [3.63, 3.8) is 0 Å². The molecule has 0 amide bonds. The molecular weight excluding hydrogens is 256 g/mol. The molecule has 1 heterocycles. The number of rotatable bonds is 5. The van der Waals surface area contributed by atoms with E-state index in [-0.39, 0.29) is 12.1 Å². The van der Waals surface area contributed by atoms with Crippen molar-refractivity contribution in [1.82, 2.24) is 10.3 Å². The number of ether oxygens (including phenoxy) is 2. The Balaban J connectivity index is 2.02. The van der Waals surface area contributed by atoms with Crippen molar-refractivity contribution in [2.75, 3.05) is 14.2 Å². The maximum atomic E-state index is 10.1. The normalized spacial score (nSPS) is 23.1. The fourth-order valence-corrected chi connectivity index (χ4v) is 2.73. The zero-order valence-corrected chi connectivity index (χ0v) is 12.3. The summed E-state index contributed by atoms with van der Waals surface area (Å²) in [6.45, 7) is 0.572. The van der Waals surface area contributed by atoms with Crippen molar-refractivity contribution >= 4 is 0 Å². The molecule has 1 aromatic heterocycles. The Labute approximate surface area is 120 Å². The van der Waals surface area contributed by atoms with E-state index < -0.39 is 0 Å². The van der Waals surface area contributed by atoms with Crippen molar-refractivity contribution < 1.29 is 14.6 Å². The SMILES string of the molecule is COc1ccnc(CNC2CCCCCC2O)c1OC. The first kappa shape index (κ1) is 15.1. The van der Waals surface area contributed by atoms with Gasteiger partial charge >= 0.3 is 0 Å². The topological polar surface area (TPSA) is 63.6 Å². The average molecular weight is 280 g/mol. The molecule has 112 valence electrons. The molecule has 1 aliphatic rings. The van der Waals surface area contributed by atoms with E-state index in [9.17, 15) is 5.11 Å². The van der Waals surface area contributed by atoms with Crippen LogP contribution in [-0.2, 0) is 6.54 Å². The van der Waals surface area contributed by atoms with Gasteiger partial charge in [-0.3, -0.25) is 4.98 Å². The third-order valence-corrected chi connectivity index (χ3v) is 3.88. The first-order chi connectivity index (χ1) is 9.76. The van der Waals surface area contributed by atoms with Gasteiger partial charge in [-0.05, 0) is 12.8 Å². The highest BCUT2D eigenvalue weighted by Gasteiger charge is 2.22. The van der Waals surface area contributed by atoms with E-state index in [0.717, 1.165) is 31.4 Å². The number of aliphatic hydroxyl groups is 1. The van der Waals surface area contributed by atoms with Gasteiger partial charge in [-0.1, -0.05) is 19.3 Å². The molecule has 5 nitrogen and oxygen atoms in total. The van der Waals surface area contributed by atoms with Crippen molar-refractivity contribution in [1.29, 1.82) is 0 Å². The molecule has 1 fully saturated rings. The largest absolute Gasteiger partial charge is 0.493 e. The molecule has 0 aliphatic heterocycles. The maximum Gasteiger partial charge on any atom is 0.183 e. The summed E-state index contributed by atoms with van der Waals surface area (Å²) in [6, 6.07) is 1.92. The number of hydrogen-bond acceptors (Lipinski definition) is 5. The summed E-state index contributed by atoms with van der Waals surface area (Å²) < 4.78 is 10.6. The highest BCUT2D eigenvalue weighted by Crippen LogP contribution is 2.29. The monoisotopic (exact) mass is 280 g/mol. The van der Waals surface area contributed by atoms with Crippen LogP contribution < -0.4 is 14.8 Å². The van der Waals surface area contributed by atoms with Gasteiger partial charge in [-0.25, -0.2) is 0 Å². The Morgan fingerprint density at radius 3 is 2.80 bits per heavy atom. The van der Waals surface area contributed by atoms with E-state index in [1.807, 2.05) is 0 Å². The van der Waals surface area contributed by atoms with Crippen molar-refractivity contribution in [2.45, 2.75) is 50.8 Å². The first-order valence-corrected chi connectivity index (χ1v) is 7.23. The molecule has 2 unspecified atom stereocenters. The first-order valence-electron chi connectivity index (χ1n) is 7.23. The van der Waals surface area contributed by atoms with Gasteiger partial charge in [0.1, 0.15) is 0 Å². The molecule has 0 saturated heterocycles. The summed E-state index contributed by atoms with van der Waals surface area (Å²) in [4.78, 5) is 4.34. The second-order valence-electron chi connectivity index (χ2n) is 5.19. The Bertz CT molecular complexity index is 426. The minimum atomic E-state index is -0.269. The summed E-state index contributed by atoms with van der Waals surface area (Å²) in [7, 11) is 3.23. The third-order valence-electron chi connectivity index (χ3n) is 3.88. The predicted octanol–water partition coefficient (Wildman–Crippen LogP) is 1.88. The van der Waals surface area contributed by atoms with Gasteiger partial charge in [0.25, 0.3) is 0 Å². The van der Waals surface area contributed by atoms with Gasteiger partial charge < -0.3 is 19.9 Å². The summed E-state index contributed by atoms with van der Waals surface area (Å²) in [6.07, 6.45) is 6.80. The molecule has 20 heavy (non-hydrogen) atoms. The molecule has 5 heteroatoms. The van der Waals surface area contributed by atoms with E-state index in [1.165, 1.54) is 6.42 Å². The zero-order chi connectivity index (χ0) is 14.4. The van der Waals surface area contributed by atoms with Gasteiger partial charge in [0, 0.05) is 24.8 Å². The molecule has 1 aromatic rings. The second kappa shape index (κ2) is 7.45. The highest BCUT2D eigenvalue weighted by atomic mass is 16.5. The quantitative estimate of drug-likeness (QED) is 0.806. The number of nitrogens with one attached hydrogen (secondary N) is 1. The van der Waals surface area contributed by atoms with Crippen LogP contribution in [0.2, 0.25) is 0 Å². The van der Waals surface area contributed by atoms with E-state index in [1.54, 1.807) is 26.5 Å². The Hall–Kier alpha value is -1.33. The van der Waals surface area contributed by atoms with E-state index in [0.29, 0.717) is 18.0 Å². The number of aliphatic hydroxyl groups excluding tert-OH is 1. The zero-order valence-electron chi connectivity index (χ0n) is 12.3. The predicted molar refractivity (Wildman–Crippen MR) is 77.1 cm³/mol. The van der Waals surface area contributed by atoms with Crippen LogP contribution >= 0.6 is 0 Å². The second-order valence-corrected chi connectivity index (χ2v) is 5.19. The van der Waals surface area contributed by atoms with Gasteiger partial charge in [-0.2, -0.15) is 0 Å². The summed E-state index contributed by atoms with van der Waals surface area (Å²) in [5.41, 5.74) is 0.809. The smallest absolute Gasteiger partial charge is 0.183 e. The number of hydrogen-bond donors (Lipinski definition) is 2. The Morgan fingerprint density at radius 1 is 1.25 bits per heavy atom. The molecule has 0 aromatic carbocycles. The van der Waals surface area contributed by atoms with Crippen LogP contribution in [0.25, 0.3) is 0 Å². The van der Waals surface area contributed by atoms with Gasteiger partial charge in [0.2, 0.25) is 0 Å². The molecule has 0 spiro atoms. The number of pyridine rings is 1. The standard InChI is InChI=1S/C15H24N2O3/c1-19-14-8-9-16-12(15(14)20-2)10-17-11-6-4-3-5-7-13(11)18/h8-9,11,13,17-18H,3-7,10H2,1-2H3. The Kier molecular flexibility index (Phi) is 5.61. The third kappa shape index (κ3) is 3.61. The molecule has 1 saturated carbocycles. The summed E-state index contributed by atoms with van der Waals surface area (Å²) >= 11 is 0. The number of methoxy groups -OCH3 is 2. The minimum Gasteiger partial charge on any atom is -0.493 e. The van der Waals surface area contributed by atoms with E-state index in [2.05, 4.69) is 10.3 Å². The van der Waals surface area contributed by atoms with Crippen LogP contribution in [0.1, 0.15) is 37.8 Å². The maximum absolute atomic E-state index is 10.1. The van der Waals surface area contributed by atoms with Crippen LogP contribution in [0, 0.1) is 0 Å². The Morgan fingerprint density at radius 2 is 2.05 bits per heavy atom. The molecule has 2 N–H and O–H groups in total. The van der Waals surface area contributed by atoms with Crippen LogP contribution in [0.15, 0.2) is 12.3 Å². The minimum absolute atomic E-state index is 0.134. The fourth-order valence-electron chi connectivity index (χ4n) is 2.73. The lowest BCUT2D eigenvalue weighted by molar-refractivity contribution is 0.119. The van der Waals surface area contributed by atoms with Crippen LogP contribution in [-0.4, -0.2) is 36.5 Å². The molecule has 1 aliphatic carbocycles. The van der Waals surface area contributed by atoms with Gasteiger partial charge in [0.05, 0.1) is 26.0 Å². The average Bonchev–Trinajstić information content (AvgIpc) is 2.69. The lowest BCUT2D eigenvalue weighted by Gasteiger charge is -2.22. The molecule has 2 rings (SSSR count).